The Labute approximate surface area is 888 Å². The van der Waals surface area contributed by atoms with E-state index in [2.05, 4.69) is 0 Å². The van der Waals surface area contributed by atoms with E-state index in [4.69, 9.17) is 99.5 Å². The van der Waals surface area contributed by atoms with Gasteiger partial charge in [0.25, 0.3) is 0 Å². The summed E-state index contributed by atoms with van der Waals surface area (Å²) in [5.74, 6) is -21.4. The molecule has 0 N–H and O–H groups in total. The van der Waals surface area contributed by atoms with Crippen LogP contribution in [0.3, 0.4) is 0 Å². The molecule has 43 heteroatoms. The average Bonchev–Trinajstić information content (AvgIpc) is 0.744. The van der Waals surface area contributed by atoms with Crippen molar-refractivity contribution in [3.05, 3.63) is 0 Å². The lowest BCUT2D eigenvalue weighted by Gasteiger charge is -2.48. The first-order valence-electron chi connectivity index (χ1n) is 48.8. The Morgan fingerprint density at radius 1 is 0.160 bits per heavy atom. The van der Waals surface area contributed by atoms with E-state index in [1.165, 1.54) is 157 Å². The SMILES string of the molecule is COC(=O)C(C)(C)CC(C)(CC(C)(CC(C)(CC(C)(CC(C)(CC(C)(CC(C)(CC(C)(CC(C)(CC(C)(CC(C)(CC(C)(CC(C)(CC(C)(CC(C)(CC(C)(CC(C)(CC(C)(CC(C)(CSCCOC(=O)C(C)C)C(=O)OC)C(=O)OC)C(=O)OC)C(=O)OC)C(=O)OC)C(=O)OC)C(=O)OC)C(=O)OC)C(=O)OC)C(=O)OC)C(=O)OC)C(=O)OC)C(=O)OC)C(=O)OC)C(=O)OC)C(=O)OC)C(=O)OC)C(=O)OC)C(=O)OC. The summed E-state index contributed by atoms with van der Waals surface area (Å²) in [5, 5.41) is 0. The normalized spacial score (nSPS) is 19.3. The Morgan fingerprint density at radius 3 is 0.367 bits per heavy atom. The second kappa shape index (κ2) is 54.2. The molecule has 860 valence electrons. The third kappa shape index (κ3) is 33.4. The monoisotopic (exact) mass is 2160 g/mol. The van der Waals surface area contributed by atoms with E-state index in [1.54, 1.807) is 13.8 Å². The zero-order valence-electron chi connectivity index (χ0n) is 97.2. The van der Waals surface area contributed by atoms with Crippen molar-refractivity contribution in [2.24, 2.45) is 114 Å². The first-order valence-corrected chi connectivity index (χ1v) is 50.0. The van der Waals surface area contributed by atoms with Crippen molar-refractivity contribution in [1.82, 2.24) is 0 Å². The molecule has 0 fully saturated rings. The Hall–Kier alpha value is -10.8. The smallest absolute Gasteiger partial charge is 0.312 e. The standard InChI is InChI=1S/C107H174O42S/c1-66(2)67(108)149-44-45-150-65-107(23,87(128)148-43)64-106(22,86(127)147-42)63-105(21,85(126)146-41)62-104(20,84(125)145-40)61-103(19,83(124)144-39)60-102(18,82(123)143-38)59-101(17,81(122)142-37)58-100(16,80(121)141-36)57-99(15,79(120)140-35)56-98(14,78(119)139-34)55-97(13,77(118)138-33)54-96(12,76(117)137-32)53-95(11,75(116)136-31)52-94(10,74(115)135-30)51-93(9,73(114)134-29)50-92(8,72(113)133-28)49-91(7,71(112)132-27)48-90(6,70(111)131-26)47-89(5,69(110)130-25)46-88(3,4)68(109)129-24/h66H,44-65H2,1-43H3. The summed E-state index contributed by atoms with van der Waals surface area (Å²) in [7, 11) is 20.6. The minimum atomic E-state index is -2.24. The fourth-order valence-corrected chi connectivity index (χ4v) is 27.1. The van der Waals surface area contributed by atoms with E-state index in [9.17, 15) is 47.9 Å². The number of methoxy groups -OCH3 is 20. The summed E-state index contributed by atoms with van der Waals surface area (Å²) in [6.07, 6.45) is -12.7. The average molecular weight is 2160 g/mol. The van der Waals surface area contributed by atoms with Gasteiger partial charge in [0.05, 0.1) is 256 Å². The predicted octanol–water partition coefficient (Wildman–Crippen LogP) is 12.9. The molecule has 0 rings (SSSR count). The summed E-state index contributed by atoms with van der Waals surface area (Å²) >= 11 is 1.21. The maximum atomic E-state index is 15.3. The van der Waals surface area contributed by atoms with Gasteiger partial charge in [0.2, 0.25) is 0 Å². The van der Waals surface area contributed by atoms with E-state index < -0.39 is 349 Å². The first kappa shape index (κ1) is 139. The Morgan fingerprint density at radius 2 is 0.260 bits per heavy atom. The highest BCUT2D eigenvalue weighted by molar-refractivity contribution is 7.99. The lowest BCUT2D eigenvalue weighted by Crippen LogP contribution is -2.52. The van der Waals surface area contributed by atoms with Crippen molar-refractivity contribution >= 4 is 137 Å². The van der Waals surface area contributed by atoms with Gasteiger partial charge >= 0.3 is 125 Å². The molecule has 0 radical (unpaired) electrons. The molecule has 0 spiro atoms. The van der Waals surface area contributed by atoms with Crippen LogP contribution in [-0.4, -0.2) is 286 Å². The van der Waals surface area contributed by atoms with Crippen LogP contribution in [0.2, 0.25) is 0 Å². The Balaban J connectivity index is 9.34. The largest absolute Gasteiger partial charge is 0.469 e. The number of esters is 21. The van der Waals surface area contributed by atoms with Crippen LogP contribution < -0.4 is 0 Å². The second-order valence-corrected chi connectivity index (χ2v) is 48.2. The molecular formula is C107H174O42S. The quantitative estimate of drug-likeness (QED) is 0.0310. The van der Waals surface area contributed by atoms with E-state index >= 15 is 52.7 Å². The topological polar surface area (TPSA) is 552 Å². The molecule has 19 atom stereocenters. The van der Waals surface area contributed by atoms with Gasteiger partial charge in [-0.15, -0.1) is 0 Å². The van der Waals surface area contributed by atoms with Gasteiger partial charge in [-0.05, 0) is 267 Å². The number of rotatable bonds is 64. The lowest BCUT2D eigenvalue weighted by molar-refractivity contribution is -0.178. The van der Waals surface area contributed by atoms with Crippen molar-refractivity contribution in [2.75, 3.05) is 160 Å². The summed E-state index contributed by atoms with van der Waals surface area (Å²) in [6.45, 7) is 31.9. The van der Waals surface area contributed by atoms with Crippen LogP contribution in [0.1, 0.15) is 281 Å². The van der Waals surface area contributed by atoms with E-state index in [0.717, 1.165) is 142 Å². The van der Waals surface area contributed by atoms with Crippen LogP contribution in [0.4, 0.5) is 0 Å². The maximum Gasteiger partial charge on any atom is 0.312 e. The number of hydrogen-bond acceptors (Lipinski definition) is 43. The van der Waals surface area contributed by atoms with Gasteiger partial charge in [0.15, 0.2) is 0 Å². The van der Waals surface area contributed by atoms with Gasteiger partial charge in [0, 0.05) is 11.5 Å². The fourth-order valence-electron chi connectivity index (χ4n) is 26.1. The fraction of sp³-hybridized carbons (Fsp3) is 0.804. The van der Waals surface area contributed by atoms with Gasteiger partial charge in [-0.25, -0.2) is 0 Å². The van der Waals surface area contributed by atoms with Gasteiger partial charge in [-0.1, -0.05) is 13.8 Å². The molecule has 0 aromatic heterocycles. The minimum absolute atomic E-state index is 0.0185. The highest BCUT2D eigenvalue weighted by Gasteiger charge is 2.66. The highest BCUT2D eigenvalue weighted by Crippen LogP contribution is 2.62. The van der Waals surface area contributed by atoms with Gasteiger partial charge in [-0.3, -0.25) is 101 Å². The third-order valence-electron chi connectivity index (χ3n) is 29.9. The molecule has 0 aromatic carbocycles. The van der Waals surface area contributed by atoms with Crippen molar-refractivity contribution in [1.29, 1.82) is 0 Å². The summed E-state index contributed by atoms with van der Waals surface area (Å²) in [4.78, 5) is 310. The van der Waals surface area contributed by atoms with Crippen LogP contribution in [0, 0.1) is 114 Å². The van der Waals surface area contributed by atoms with Gasteiger partial charge < -0.3 is 99.5 Å². The van der Waals surface area contributed by atoms with E-state index in [-0.39, 0.29) is 31.0 Å². The molecule has 150 heavy (non-hydrogen) atoms. The maximum absolute atomic E-state index is 15.3. The molecule has 42 nitrogen and oxygen atoms in total. The number of hydrogen-bond donors (Lipinski definition) is 0. The van der Waals surface area contributed by atoms with Crippen molar-refractivity contribution in [3.63, 3.8) is 0 Å². The van der Waals surface area contributed by atoms with Crippen LogP contribution in [0.25, 0.3) is 0 Å². The van der Waals surface area contributed by atoms with Gasteiger partial charge in [-0.2, -0.15) is 11.8 Å². The van der Waals surface area contributed by atoms with Crippen LogP contribution in [-0.2, 0) is 200 Å². The molecule has 0 aliphatic rings. The highest BCUT2D eigenvalue weighted by atomic mass is 32.2. The van der Waals surface area contributed by atoms with Gasteiger partial charge in [0.1, 0.15) is 6.61 Å². The minimum Gasteiger partial charge on any atom is -0.469 e. The molecule has 0 aliphatic heterocycles. The van der Waals surface area contributed by atoms with Crippen molar-refractivity contribution in [3.8, 4) is 0 Å². The van der Waals surface area contributed by atoms with Crippen LogP contribution >= 0.6 is 11.8 Å². The molecule has 0 saturated carbocycles. The number of carbonyl (C=O) groups is 21. The zero-order valence-corrected chi connectivity index (χ0v) is 98.0. The summed E-state index contributed by atoms with van der Waals surface area (Å²) < 4.78 is 114. The summed E-state index contributed by atoms with van der Waals surface area (Å²) in [5.41, 5.74) is -40.9. The molecule has 0 bridgehead atoms. The van der Waals surface area contributed by atoms with Crippen LogP contribution in [0.15, 0.2) is 0 Å². The number of ether oxygens (including phenoxy) is 21. The molecule has 0 amide bonds. The first-order chi connectivity index (χ1) is 68.4. The lowest BCUT2D eigenvalue weighted by atomic mass is 9.55. The van der Waals surface area contributed by atoms with Crippen molar-refractivity contribution in [2.45, 2.75) is 281 Å². The van der Waals surface area contributed by atoms with Crippen molar-refractivity contribution < 1.29 is 200 Å². The second-order valence-electron chi connectivity index (χ2n) is 47.1. The van der Waals surface area contributed by atoms with Crippen LogP contribution in [0.5, 0.6) is 0 Å². The Kier molecular flexibility index (Phi) is 50.3. The molecular weight excluding hydrogens is 1990 g/mol. The number of thioether (sulfide) groups is 1. The number of carbonyl (C=O) groups excluding carboxylic acids is 21. The molecule has 0 aliphatic carbocycles. The molecule has 19 unspecified atom stereocenters. The molecule has 0 heterocycles. The zero-order chi connectivity index (χ0) is 118. The summed E-state index contributed by atoms with van der Waals surface area (Å²) in [6, 6.07) is 0. The van der Waals surface area contributed by atoms with E-state index in [0.29, 0.717) is 0 Å². The predicted molar refractivity (Wildman–Crippen MR) is 539 cm³/mol. The Bertz CT molecular complexity index is 4630. The molecule has 0 aromatic rings. The third-order valence-corrected chi connectivity index (χ3v) is 31.2. The molecule has 0 saturated heterocycles. The van der Waals surface area contributed by atoms with E-state index in [1.807, 2.05) is 0 Å².